The van der Waals surface area contributed by atoms with Crippen LogP contribution in [0.15, 0.2) is 51.4 Å². The van der Waals surface area contributed by atoms with E-state index in [2.05, 4.69) is 20.8 Å². The van der Waals surface area contributed by atoms with Gasteiger partial charge in [0, 0.05) is 5.69 Å². The van der Waals surface area contributed by atoms with Crippen LogP contribution in [0.5, 0.6) is 0 Å². The molecule has 2 N–H and O–H groups in total. The van der Waals surface area contributed by atoms with Crippen molar-refractivity contribution in [2.75, 3.05) is 16.4 Å². The Morgan fingerprint density at radius 1 is 1.25 bits per heavy atom. The topological polar surface area (TPSA) is 80.1 Å². The Hall–Kier alpha value is -2.39. The molecule has 0 saturated carbocycles. The summed E-state index contributed by atoms with van der Waals surface area (Å²) < 4.78 is 18.7. The van der Waals surface area contributed by atoms with Gasteiger partial charge in [-0.15, -0.1) is 10.2 Å². The molecule has 2 aromatic heterocycles. The molecule has 6 nitrogen and oxygen atoms in total. The van der Waals surface area contributed by atoms with Gasteiger partial charge in [0.15, 0.2) is 4.34 Å². The number of furan rings is 1. The number of benzene rings is 1. The summed E-state index contributed by atoms with van der Waals surface area (Å²) in [6, 6.07) is 9.30. The zero-order valence-electron chi connectivity index (χ0n) is 12.4. The van der Waals surface area contributed by atoms with Gasteiger partial charge in [0.05, 0.1) is 18.6 Å². The number of anilines is 2. The van der Waals surface area contributed by atoms with Crippen molar-refractivity contribution in [3.63, 3.8) is 0 Å². The summed E-state index contributed by atoms with van der Waals surface area (Å²) in [6.07, 6.45) is 1.61. The van der Waals surface area contributed by atoms with Crippen LogP contribution in [0.1, 0.15) is 5.76 Å². The first-order valence-corrected chi connectivity index (χ1v) is 8.77. The molecule has 0 bridgehead atoms. The number of hydrogen-bond acceptors (Lipinski definition) is 7. The Kier molecular flexibility index (Phi) is 5.44. The van der Waals surface area contributed by atoms with Crippen molar-refractivity contribution in [2.45, 2.75) is 10.9 Å². The number of carbonyl (C=O) groups excluding carboxylic acids is 1. The quantitative estimate of drug-likeness (QED) is 0.624. The van der Waals surface area contributed by atoms with E-state index < -0.39 is 0 Å². The highest BCUT2D eigenvalue weighted by Crippen LogP contribution is 2.26. The van der Waals surface area contributed by atoms with Crippen LogP contribution in [0.3, 0.4) is 0 Å². The molecule has 0 radical (unpaired) electrons. The van der Waals surface area contributed by atoms with Crippen molar-refractivity contribution in [2.24, 2.45) is 0 Å². The minimum atomic E-state index is -0.342. The lowest BCUT2D eigenvalue weighted by Gasteiger charge is -2.03. The molecule has 3 rings (SSSR count). The van der Waals surface area contributed by atoms with Crippen LogP contribution in [-0.4, -0.2) is 21.9 Å². The summed E-state index contributed by atoms with van der Waals surface area (Å²) in [5, 5.41) is 14.5. The average Bonchev–Trinajstić information content (AvgIpc) is 3.25. The fourth-order valence-corrected chi connectivity index (χ4v) is 3.32. The van der Waals surface area contributed by atoms with Crippen molar-refractivity contribution in [1.82, 2.24) is 10.2 Å². The second-order valence-corrected chi connectivity index (χ2v) is 6.85. The van der Waals surface area contributed by atoms with E-state index in [-0.39, 0.29) is 17.5 Å². The van der Waals surface area contributed by atoms with Gasteiger partial charge in [-0.25, -0.2) is 4.39 Å². The number of carbonyl (C=O) groups is 1. The highest BCUT2D eigenvalue weighted by molar-refractivity contribution is 8.01. The molecule has 0 aliphatic carbocycles. The van der Waals surface area contributed by atoms with Gasteiger partial charge in [0.25, 0.3) is 0 Å². The van der Waals surface area contributed by atoms with Crippen molar-refractivity contribution < 1.29 is 13.6 Å². The predicted octanol–water partition coefficient (Wildman–Crippen LogP) is 3.61. The van der Waals surface area contributed by atoms with E-state index in [1.165, 1.54) is 47.4 Å². The number of nitrogens with one attached hydrogen (secondary N) is 2. The Labute approximate surface area is 145 Å². The third kappa shape index (κ3) is 4.80. The normalized spacial score (nSPS) is 10.5. The number of aromatic nitrogens is 2. The molecule has 0 saturated heterocycles. The Bertz CT molecular complexity index is 790. The maximum atomic E-state index is 12.8. The molecule has 0 aliphatic rings. The molecule has 2 heterocycles. The van der Waals surface area contributed by atoms with E-state index in [9.17, 15) is 9.18 Å². The number of halogens is 1. The van der Waals surface area contributed by atoms with E-state index >= 15 is 0 Å². The fraction of sp³-hybridized carbons (Fsp3) is 0.133. The van der Waals surface area contributed by atoms with Crippen molar-refractivity contribution >= 4 is 39.8 Å². The van der Waals surface area contributed by atoms with E-state index in [0.717, 1.165) is 5.76 Å². The van der Waals surface area contributed by atoms with Crippen LogP contribution >= 0.6 is 23.1 Å². The Morgan fingerprint density at radius 2 is 2.08 bits per heavy atom. The van der Waals surface area contributed by atoms with Crippen molar-refractivity contribution in [3.05, 3.63) is 54.2 Å². The first-order valence-electron chi connectivity index (χ1n) is 6.97. The number of amides is 1. The molecular formula is C15H13FN4O2S2. The maximum Gasteiger partial charge on any atom is 0.234 e. The third-order valence-electron chi connectivity index (χ3n) is 2.86. The zero-order valence-corrected chi connectivity index (χ0v) is 14.0. The number of nitrogens with zero attached hydrogens (tertiary/aromatic N) is 2. The highest BCUT2D eigenvalue weighted by atomic mass is 32.2. The maximum absolute atomic E-state index is 12.8. The SMILES string of the molecule is O=C(CSc1nnc(NCc2ccco2)s1)Nc1ccc(F)cc1. The molecule has 24 heavy (non-hydrogen) atoms. The lowest BCUT2D eigenvalue weighted by Crippen LogP contribution is -2.13. The first kappa shape index (κ1) is 16.5. The predicted molar refractivity (Wildman–Crippen MR) is 91.7 cm³/mol. The van der Waals surface area contributed by atoms with Gasteiger partial charge in [-0.1, -0.05) is 23.1 Å². The molecule has 9 heteroatoms. The van der Waals surface area contributed by atoms with Crippen LogP contribution in [0.2, 0.25) is 0 Å². The van der Waals surface area contributed by atoms with Gasteiger partial charge in [0.1, 0.15) is 11.6 Å². The Balaban J connectivity index is 1.44. The summed E-state index contributed by atoms with van der Waals surface area (Å²) in [5.41, 5.74) is 0.556. The number of rotatable bonds is 7. The first-order chi connectivity index (χ1) is 11.7. The molecule has 124 valence electrons. The van der Waals surface area contributed by atoms with Crippen LogP contribution in [0, 0.1) is 5.82 Å². The smallest absolute Gasteiger partial charge is 0.234 e. The minimum Gasteiger partial charge on any atom is -0.467 e. The highest BCUT2D eigenvalue weighted by Gasteiger charge is 2.09. The molecule has 0 aliphatic heterocycles. The monoisotopic (exact) mass is 364 g/mol. The van der Waals surface area contributed by atoms with Gasteiger partial charge in [-0.2, -0.15) is 0 Å². The molecule has 1 aromatic carbocycles. The summed E-state index contributed by atoms with van der Waals surface area (Å²) in [7, 11) is 0. The molecule has 0 atom stereocenters. The molecular weight excluding hydrogens is 351 g/mol. The van der Waals surface area contributed by atoms with Crippen LogP contribution in [0.25, 0.3) is 0 Å². The van der Waals surface area contributed by atoms with Gasteiger partial charge >= 0.3 is 0 Å². The van der Waals surface area contributed by atoms with E-state index in [1.54, 1.807) is 6.26 Å². The third-order valence-corrected chi connectivity index (χ3v) is 4.87. The zero-order chi connectivity index (χ0) is 16.8. The van der Waals surface area contributed by atoms with E-state index in [1.807, 2.05) is 12.1 Å². The standard InChI is InChI=1S/C15H13FN4O2S2/c16-10-3-5-11(6-4-10)18-13(21)9-23-15-20-19-14(24-15)17-8-12-2-1-7-22-12/h1-7H,8-9H2,(H,17,19)(H,18,21). The summed E-state index contributed by atoms with van der Waals surface area (Å²) in [6.45, 7) is 0.525. The Morgan fingerprint density at radius 3 is 2.83 bits per heavy atom. The van der Waals surface area contributed by atoms with Crippen LogP contribution in [-0.2, 0) is 11.3 Å². The van der Waals surface area contributed by atoms with Gasteiger partial charge in [-0.05, 0) is 36.4 Å². The number of thioether (sulfide) groups is 1. The molecule has 0 spiro atoms. The number of hydrogen-bond donors (Lipinski definition) is 2. The largest absolute Gasteiger partial charge is 0.467 e. The van der Waals surface area contributed by atoms with E-state index in [4.69, 9.17) is 4.42 Å². The minimum absolute atomic E-state index is 0.188. The summed E-state index contributed by atoms with van der Waals surface area (Å²) in [5.74, 6) is 0.472. The van der Waals surface area contributed by atoms with E-state index in [0.29, 0.717) is 21.7 Å². The van der Waals surface area contributed by atoms with Gasteiger partial charge in [-0.3, -0.25) is 4.79 Å². The van der Waals surface area contributed by atoms with Crippen LogP contribution in [0.4, 0.5) is 15.2 Å². The second-order valence-electron chi connectivity index (χ2n) is 4.65. The van der Waals surface area contributed by atoms with Gasteiger partial charge in [0.2, 0.25) is 11.0 Å². The van der Waals surface area contributed by atoms with Crippen molar-refractivity contribution in [1.29, 1.82) is 0 Å². The summed E-state index contributed by atoms with van der Waals surface area (Å²) >= 11 is 2.65. The molecule has 3 aromatic rings. The molecule has 1 amide bonds. The molecule has 0 unspecified atom stereocenters. The van der Waals surface area contributed by atoms with Crippen molar-refractivity contribution in [3.8, 4) is 0 Å². The lowest BCUT2D eigenvalue weighted by molar-refractivity contribution is -0.113. The summed E-state index contributed by atoms with van der Waals surface area (Å²) in [4.78, 5) is 11.9. The molecule has 0 fully saturated rings. The van der Waals surface area contributed by atoms with Crippen LogP contribution < -0.4 is 10.6 Å². The second kappa shape index (κ2) is 7.93. The average molecular weight is 364 g/mol. The lowest BCUT2D eigenvalue weighted by atomic mass is 10.3. The van der Waals surface area contributed by atoms with Gasteiger partial charge < -0.3 is 15.1 Å². The fourth-order valence-electron chi connectivity index (χ4n) is 1.77.